The van der Waals surface area contributed by atoms with Crippen LogP contribution < -0.4 is 15.6 Å². The molecule has 0 aliphatic rings. The largest absolute Gasteiger partial charge is 0.459 e. The van der Waals surface area contributed by atoms with Crippen molar-refractivity contribution < 1.29 is 22.4 Å². The number of benzene rings is 2. The summed E-state index contributed by atoms with van der Waals surface area (Å²) in [6.45, 7) is 3.79. The Morgan fingerprint density at radius 2 is 1.67 bits per heavy atom. The van der Waals surface area contributed by atoms with E-state index in [2.05, 4.69) is 15.6 Å². The molecule has 0 fully saturated rings. The van der Waals surface area contributed by atoms with Crippen LogP contribution in [0.15, 0.2) is 64.1 Å². The maximum atomic E-state index is 12.7. The SMILES string of the molecule is Cc1ccc(NS(=O)(=O)c2ccc(Cl)c(C(=O)NNC(=O)c3ccco3)c2)cc1C. The van der Waals surface area contributed by atoms with Gasteiger partial charge in [0.1, 0.15) is 0 Å². The molecule has 0 saturated heterocycles. The number of carbonyl (C=O) groups is 2. The van der Waals surface area contributed by atoms with Crippen LogP contribution in [0.1, 0.15) is 32.0 Å². The topological polar surface area (TPSA) is 118 Å². The van der Waals surface area contributed by atoms with Gasteiger partial charge in [-0.15, -0.1) is 0 Å². The van der Waals surface area contributed by atoms with Crippen molar-refractivity contribution in [1.82, 2.24) is 10.9 Å². The van der Waals surface area contributed by atoms with Gasteiger partial charge in [-0.25, -0.2) is 8.42 Å². The first-order valence-corrected chi connectivity index (χ1v) is 10.6. The quantitative estimate of drug-likeness (QED) is 0.518. The zero-order valence-corrected chi connectivity index (χ0v) is 17.6. The van der Waals surface area contributed by atoms with Gasteiger partial charge in [-0.2, -0.15) is 0 Å². The zero-order chi connectivity index (χ0) is 21.9. The molecule has 0 atom stereocenters. The van der Waals surface area contributed by atoms with E-state index >= 15 is 0 Å². The average molecular weight is 448 g/mol. The highest BCUT2D eigenvalue weighted by Crippen LogP contribution is 2.23. The minimum absolute atomic E-state index is 0.00434. The third kappa shape index (κ3) is 4.81. The second-order valence-electron chi connectivity index (χ2n) is 6.43. The summed E-state index contributed by atoms with van der Waals surface area (Å²) >= 11 is 6.05. The summed E-state index contributed by atoms with van der Waals surface area (Å²) in [5, 5.41) is 0.0184. The predicted octanol–water partition coefficient (Wildman–Crippen LogP) is 3.43. The van der Waals surface area contributed by atoms with E-state index < -0.39 is 21.8 Å². The van der Waals surface area contributed by atoms with Crippen molar-refractivity contribution in [1.29, 1.82) is 0 Å². The van der Waals surface area contributed by atoms with Gasteiger partial charge < -0.3 is 4.42 Å². The standard InChI is InChI=1S/C20H18ClN3O5S/c1-12-5-6-14(10-13(12)2)24-30(27,28)15-7-8-17(21)16(11-15)19(25)22-23-20(26)18-4-3-9-29-18/h3-11,24H,1-2H3,(H,22,25)(H,23,26). The molecule has 3 N–H and O–H groups in total. The Morgan fingerprint density at radius 3 is 2.33 bits per heavy atom. The normalized spacial score (nSPS) is 11.0. The van der Waals surface area contributed by atoms with Crippen molar-refractivity contribution in [3.8, 4) is 0 Å². The van der Waals surface area contributed by atoms with E-state index in [0.29, 0.717) is 5.69 Å². The third-order valence-corrected chi connectivity index (χ3v) is 5.99. The van der Waals surface area contributed by atoms with Crippen LogP contribution in [-0.2, 0) is 10.0 Å². The molecule has 3 aromatic rings. The van der Waals surface area contributed by atoms with Crippen molar-refractivity contribution in [3.05, 3.63) is 82.3 Å². The fraction of sp³-hybridized carbons (Fsp3) is 0.100. The number of sulfonamides is 1. The van der Waals surface area contributed by atoms with Crippen molar-refractivity contribution in [2.24, 2.45) is 0 Å². The number of hydrogen-bond donors (Lipinski definition) is 3. The number of amides is 2. The molecule has 0 radical (unpaired) electrons. The molecule has 2 amide bonds. The monoisotopic (exact) mass is 447 g/mol. The van der Waals surface area contributed by atoms with Crippen LogP contribution in [0.4, 0.5) is 5.69 Å². The zero-order valence-electron chi connectivity index (χ0n) is 16.0. The number of hydrogen-bond acceptors (Lipinski definition) is 5. The number of nitrogens with one attached hydrogen (secondary N) is 3. The Balaban J connectivity index is 1.78. The molecule has 0 aliphatic carbocycles. The second kappa shape index (κ2) is 8.60. The third-order valence-electron chi connectivity index (χ3n) is 4.29. The van der Waals surface area contributed by atoms with E-state index in [1.54, 1.807) is 18.2 Å². The molecule has 0 bridgehead atoms. The first-order valence-electron chi connectivity index (χ1n) is 8.71. The van der Waals surface area contributed by atoms with Crippen LogP contribution in [0.3, 0.4) is 0 Å². The van der Waals surface area contributed by atoms with Gasteiger partial charge in [0.15, 0.2) is 5.76 Å². The summed E-state index contributed by atoms with van der Waals surface area (Å²) in [7, 11) is -3.97. The molecular weight excluding hydrogens is 430 g/mol. The number of anilines is 1. The van der Waals surface area contributed by atoms with Crippen molar-refractivity contribution in [2.75, 3.05) is 4.72 Å². The molecule has 0 spiro atoms. The number of hydrazine groups is 1. The molecule has 3 rings (SSSR count). The first-order chi connectivity index (χ1) is 14.2. The summed E-state index contributed by atoms with van der Waals surface area (Å²) in [4.78, 5) is 24.1. The molecule has 0 saturated carbocycles. The van der Waals surface area contributed by atoms with Gasteiger partial charge in [0.25, 0.3) is 15.9 Å². The van der Waals surface area contributed by atoms with Gasteiger partial charge in [-0.3, -0.25) is 25.2 Å². The Bertz CT molecular complexity index is 1210. The van der Waals surface area contributed by atoms with Gasteiger partial charge in [-0.05, 0) is 67.4 Å². The number of rotatable bonds is 5. The fourth-order valence-electron chi connectivity index (χ4n) is 2.51. The van der Waals surface area contributed by atoms with Gasteiger partial charge in [0.05, 0.1) is 21.7 Å². The van der Waals surface area contributed by atoms with Crippen molar-refractivity contribution in [3.63, 3.8) is 0 Å². The lowest BCUT2D eigenvalue weighted by atomic mass is 10.1. The maximum absolute atomic E-state index is 12.7. The van der Waals surface area contributed by atoms with Gasteiger partial charge in [-0.1, -0.05) is 17.7 Å². The van der Waals surface area contributed by atoms with Crippen LogP contribution >= 0.6 is 11.6 Å². The molecule has 10 heteroatoms. The number of furan rings is 1. The van der Waals surface area contributed by atoms with E-state index in [4.69, 9.17) is 16.0 Å². The van der Waals surface area contributed by atoms with Crippen molar-refractivity contribution >= 4 is 39.1 Å². The summed E-state index contributed by atoms with van der Waals surface area (Å²) in [6.07, 6.45) is 1.31. The Kier molecular flexibility index (Phi) is 6.14. The van der Waals surface area contributed by atoms with Crippen LogP contribution in [0.2, 0.25) is 5.02 Å². The molecule has 0 aliphatic heterocycles. The van der Waals surface area contributed by atoms with Crippen molar-refractivity contribution in [2.45, 2.75) is 18.7 Å². The summed E-state index contributed by atoms with van der Waals surface area (Å²) in [6, 6.07) is 11.8. The Morgan fingerprint density at radius 1 is 0.933 bits per heavy atom. The lowest BCUT2D eigenvalue weighted by Gasteiger charge is -2.12. The average Bonchev–Trinajstić information content (AvgIpc) is 3.23. The Labute approximate surface area is 178 Å². The molecule has 8 nitrogen and oxygen atoms in total. The minimum Gasteiger partial charge on any atom is -0.459 e. The fourth-order valence-corrected chi connectivity index (χ4v) is 3.79. The smallest absolute Gasteiger partial charge is 0.305 e. The van der Waals surface area contributed by atoms with E-state index in [1.807, 2.05) is 13.8 Å². The minimum atomic E-state index is -3.97. The molecule has 2 aromatic carbocycles. The van der Waals surface area contributed by atoms with E-state index in [9.17, 15) is 18.0 Å². The van der Waals surface area contributed by atoms with Crippen LogP contribution in [0.5, 0.6) is 0 Å². The number of carbonyl (C=O) groups excluding carboxylic acids is 2. The molecule has 156 valence electrons. The lowest BCUT2D eigenvalue weighted by Crippen LogP contribution is -2.41. The van der Waals surface area contributed by atoms with E-state index in [0.717, 1.165) is 17.2 Å². The van der Waals surface area contributed by atoms with Crippen LogP contribution in [0, 0.1) is 13.8 Å². The maximum Gasteiger partial charge on any atom is 0.305 e. The summed E-state index contributed by atoms with van der Waals surface area (Å²) in [5.74, 6) is -1.47. The van der Waals surface area contributed by atoms with Gasteiger partial charge in [0, 0.05) is 5.69 Å². The highest BCUT2D eigenvalue weighted by molar-refractivity contribution is 7.92. The number of aryl methyl sites for hydroxylation is 2. The Hall–Kier alpha value is -3.30. The van der Waals surface area contributed by atoms with Crippen LogP contribution in [0.25, 0.3) is 0 Å². The molecule has 1 aromatic heterocycles. The van der Waals surface area contributed by atoms with E-state index in [1.165, 1.54) is 30.5 Å². The molecule has 0 unspecified atom stereocenters. The first kappa shape index (κ1) is 21.4. The predicted molar refractivity (Wildman–Crippen MR) is 112 cm³/mol. The van der Waals surface area contributed by atoms with Gasteiger partial charge >= 0.3 is 5.91 Å². The van der Waals surface area contributed by atoms with Gasteiger partial charge in [0.2, 0.25) is 0 Å². The second-order valence-corrected chi connectivity index (χ2v) is 8.52. The molecule has 30 heavy (non-hydrogen) atoms. The summed E-state index contributed by atoms with van der Waals surface area (Å²) < 4.78 is 32.9. The highest BCUT2D eigenvalue weighted by atomic mass is 35.5. The highest BCUT2D eigenvalue weighted by Gasteiger charge is 2.20. The lowest BCUT2D eigenvalue weighted by molar-refractivity contribution is 0.0831. The molecular formula is C20H18ClN3O5S. The summed E-state index contributed by atoms with van der Waals surface area (Å²) in [5.41, 5.74) is 6.56. The number of halogens is 1. The van der Waals surface area contributed by atoms with Crippen LogP contribution in [-0.4, -0.2) is 20.2 Å². The van der Waals surface area contributed by atoms with E-state index in [-0.39, 0.29) is 21.2 Å². The molecule has 1 heterocycles.